The van der Waals surface area contributed by atoms with E-state index in [2.05, 4.69) is 0 Å². The maximum absolute atomic E-state index is 14.0. The molecule has 0 bridgehead atoms. The topological polar surface area (TPSA) is 176 Å². The van der Waals surface area contributed by atoms with E-state index in [0.717, 1.165) is 0 Å². The molecule has 5 atom stereocenters. The van der Waals surface area contributed by atoms with E-state index in [0.29, 0.717) is 17.1 Å². The maximum Gasteiger partial charge on any atom is 0.239 e. The number of ether oxygens (including phenoxy) is 7. The molecule has 0 radical (unpaired) electrons. The lowest BCUT2D eigenvalue weighted by molar-refractivity contribution is -0.277. The lowest BCUT2D eigenvalue weighted by Gasteiger charge is -2.39. The lowest BCUT2D eigenvalue weighted by atomic mass is 9.99. The number of benzene rings is 2. The van der Waals surface area contributed by atoms with Crippen LogP contribution in [0.2, 0.25) is 0 Å². The molecular weight excluding hydrogens is 520 g/mol. The average molecular weight is 551 g/mol. The van der Waals surface area contributed by atoms with Crippen LogP contribution in [0.4, 0.5) is 0 Å². The van der Waals surface area contributed by atoms with Crippen LogP contribution in [0.5, 0.6) is 34.5 Å². The fourth-order valence-electron chi connectivity index (χ4n) is 4.33. The van der Waals surface area contributed by atoms with Gasteiger partial charge in [0.1, 0.15) is 35.6 Å². The van der Waals surface area contributed by atoms with Gasteiger partial charge in [-0.25, -0.2) is 0 Å². The summed E-state index contributed by atoms with van der Waals surface area (Å²) < 4.78 is 44.5. The van der Waals surface area contributed by atoms with E-state index in [1.165, 1.54) is 47.7 Å². The van der Waals surface area contributed by atoms with Gasteiger partial charge in [0.2, 0.25) is 23.2 Å². The second kappa shape index (κ2) is 11.6. The third kappa shape index (κ3) is 4.90. The second-order valence-corrected chi connectivity index (χ2v) is 8.49. The van der Waals surface area contributed by atoms with E-state index in [-0.39, 0.29) is 34.0 Å². The SMILES string of the molecule is COc1ccc(-c2oc3c(OC)c(OC)cc(OC)c3c(=O)c2O[C@@H]2O[C@H](CO)[C@@H](O)[C@H](O)[C@H]2O)cc1OC. The van der Waals surface area contributed by atoms with Crippen molar-refractivity contribution in [2.45, 2.75) is 30.7 Å². The van der Waals surface area contributed by atoms with Crippen LogP contribution in [0, 0.1) is 0 Å². The molecule has 4 rings (SSSR count). The van der Waals surface area contributed by atoms with Gasteiger partial charge in [-0.2, -0.15) is 0 Å². The summed E-state index contributed by atoms with van der Waals surface area (Å²) in [5, 5.41) is 40.5. The molecule has 1 fully saturated rings. The van der Waals surface area contributed by atoms with Crippen LogP contribution in [0.25, 0.3) is 22.3 Å². The minimum absolute atomic E-state index is 0.0235. The Bertz CT molecular complexity index is 1380. The Morgan fingerprint density at radius 2 is 1.44 bits per heavy atom. The van der Waals surface area contributed by atoms with Crippen molar-refractivity contribution >= 4 is 11.0 Å². The first-order valence-electron chi connectivity index (χ1n) is 11.7. The molecule has 0 saturated carbocycles. The molecule has 0 aliphatic carbocycles. The highest BCUT2D eigenvalue weighted by Gasteiger charge is 2.45. The van der Waals surface area contributed by atoms with Crippen LogP contribution in [-0.4, -0.2) is 93.3 Å². The number of fused-ring (bicyclic) bond motifs is 1. The summed E-state index contributed by atoms with van der Waals surface area (Å²) in [7, 11) is 7.03. The molecule has 13 nitrogen and oxygen atoms in total. The smallest absolute Gasteiger partial charge is 0.239 e. The van der Waals surface area contributed by atoms with Gasteiger partial charge in [0.15, 0.2) is 28.6 Å². The Morgan fingerprint density at radius 1 is 0.769 bits per heavy atom. The number of hydrogen-bond donors (Lipinski definition) is 4. The van der Waals surface area contributed by atoms with E-state index < -0.39 is 48.5 Å². The number of aliphatic hydroxyl groups excluding tert-OH is 4. The van der Waals surface area contributed by atoms with Gasteiger partial charge in [0.25, 0.3) is 0 Å². The van der Waals surface area contributed by atoms with Crippen molar-refractivity contribution in [1.82, 2.24) is 0 Å². The number of methoxy groups -OCH3 is 5. The predicted molar refractivity (Wildman–Crippen MR) is 135 cm³/mol. The van der Waals surface area contributed by atoms with Crippen molar-refractivity contribution in [3.05, 3.63) is 34.5 Å². The van der Waals surface area contributed by atoms with Crippen molar-refractivity contribution in [2.75, 3.05) is 42.2 Å². The minimum atomic E-state index is -1.79. The normalized spacial score (nSPS) is 22.8. The Hall–Kier alpha value is -3.75. The Balaban J connectivity index is 2.02. The Kier molecular flexibility index (Phi) is 8.37. The van der Waals surface area contributed by atoms with Crippen LogP contribution < -0.4 is 33.8 Å². The molecule has 1 aromatic heterocycles. The fourth-order valence-corrected chi connectivity index (χ4v) is 4.33. The van der Waals surface area contributed by atoms with Gasteiger partial charge < -0.3 is 58.0 Å². The molecule has 39 heavy (non-hydrogen) atoms. The van der Waals surface area contributed by atoms with Gasteiger partial charge in [0, 0.05) is 11.6 Å². The molecule has 1 saturated heterocycles. The molecule has 13 heteroatoms. The molecule has 0 unspecified atom stereocenters. The molecule has 2 aromatic carbocycles. The molecule has 2 heterocycles. The zero-order chi connectivity index (χ0) is 28.4. The van der Waals surface area contributed by atoms with Crippen molar-refractivity contribution in [3.8, 4) is 45.8 Å². The maximum atomic E-state index is 14.0. The summed E-state index contributed by atoms with van der Waals surface area (Å²) in [6.07, 6.45) is -8.10. The van der Waals surface area contributed by atoms with Gasteiger partial charge in [-0.3, -0.25) is 4.79 Å². The quantitative estimate of drug-likeness (QED) is 0.293. The molecule has 1 aliphatic rings. The highest BCUT2D eigenvalue weighted by atomic mass is 16.7. The van der Waals surface area contributed by atoms with Crippen LogP contribution >= 0.6 is 0 Å². The zero-order valence-corrected chi connectivity index (χ0v) is 21.9. The molecule has 212 valence electrons. The number of rotatable bonds is 9. The molecule has 4 N–H and O–H groups in total. The third-order valence-corrected chi connectivity index (χ3v) is 6.38. The summed E-state index contributed by atoms with van der Waals surface area (Å²) in [4.78, 5) is 14.0. The minimum Gasteiger partial charge on any atom is -0.496 e. The molecular formula is C26H30O13. The van der Waals surface area contributed by atoms with Gasteiger partial charge >= 0.3 is 0 Å². The van der Waals surface area contributed by atoms with E-state index >= 15 is 0 Å². The van der Waals surface area contributed by atoms with Crippen molar-refractivity contribution in [3.63, 3.8) is 0 Å². The summed E-state index contributed by atoms with van der Waals surface area (Å²) >= 11 is 0. The highest BCUT2D eigenvalue weighted by molar-refractivity contribution is 5.93. The predicted octanol–water partition coefficient (Wildman–Crippen LogP) is 0.682. The van der Waals surface area contributed by atoms with Crippen LogP contribution in [0.1, 0.15) is 0 Å². The third-order valence-electron chi connectivity index (χ3n) is 6.38. The zero-order valence-electron chi connectivity index (χ0n) is 21.9. The molecule has 1 aliphatic heterocycles. The standard InChI is InChI=1S/C26H30O13/c1-32-12-7-6-11(8-13(12)33-2)22-25(39-26-21(31)20(30)18(28)16(10-27)37-26)19(29)17-14(34-3)9-15(35-4)23(36-5)24(17)38-22/h6-9,16,18,20-21,26-28,30-31H,10H2,1-5H3/t16-,18-,20+,21-,26+/m1/s1. The molecule has 0 spiro atoms. The van der Waals surface area contributed by atoms with Gasteiger partial charge in [0.05, 0.1) is 42.2 Å². The Morgan fingerprint density at radius 3 is 2.03 bits per heavy atom. The number of hydrogen-bond acceptors (Lipinski definition) is 13. The summed E-state index contributed by atoms with van der Waals surface area (Å²) in [5.74, 6) is 0.573. The van der Waals surface area contributed by atoms with Crippen LogP contribution in [0.15, 0.2) is 33.5 Å². The summed E-state index contributed by atoms with van der Waals surface area (Å²) in [6, 6.07) is 6.13. The molecule has 0 amide bonds. The van der Waals surface area contributed by atoms with Crippen molar-refractivity contribution in [2.24, 2.45) is 0 Å². The summed E-state index contributed by atoms with van der Waals surface area (Å²) in [5.41, 5.74) is -0.462. The van der Waals surface area contributed by atoms with Gasteiger partial charge in [-0.05, 0) is 18.2 Å². The first-order chi connectivity index (χ1) is 18.7. The number of aliphatic hydroxyl groups is 4. The first kappa shape index (κ1) is 28.3. The van der Waals surface area contributed by atoms with E-state index in [1.54, 1.807) is 12.1 Å². The Labute approximate surface area is 222 Å². The second-order valence-electron chi connectivity index (χ2n) is 8.49. The largest absolute Gasteiger partial charge is 0.496 e. The highest BCUT2D eigenvalue weighted by Crippen LogP contribution is 2.45. The monoisotopic (exact) mass is 550 g/mol. The lowest BCUT2D eigenvalue weighted by Crippen LogP contribution is -2.60. The summed E-state index contributed by atoms with van der Waals surface area (Å²) in [6.45, 7) is -0.690. The van der Waals surface area contributed by atoms with Crippen LogP contribution in [-0.2, 0) is 4.74 Å². The van der Waals surface area contributed by atoms with Gasteiger partial charge in [-0.15, -0.1) is 0 Å². The van der Waals surface area contributed by atoms with E-state index in [4.69, 9.17) is 37.6 Å². The van der Waals surface area contributed by atoms with Crippen LogP contribution in [0.3, 0.4) is 0 Å². The molecule has 3 aromatic rings. The van der Waals surface area contributed by atoms with E-state index in [9.17, 15) is 25.2 Å². The average Bonchev–Trinajstić information content (AvgIpc) is 2.96. The fraction of sp³-hybridized carbons (Fsp3) is 0.423. The van der Waals surface area contributed by atoms with E-state index in [1.807, 2.05) is 0 Å². The van der Waals surface area contributed by atoms with Gasteiger partial charge in [-0.1, -0.05) is 0 Å². The van der Waals surface area contributed by atoms with Crippen molar-refractivity contribution in [1.29, 1.82) is 0 Å². The van der Waals surface area contributed by atoms with Crippen molar-refractivity contribution < 1.29 is 58.0 Å². The first-order valence-corrected chi connectivity index (χ1v) is 11.7.